The second-order valence-electron chi connectivity index (χ2n) is 5.90. The minimum absolute atomic E-state index is 0.295. The number of hydrogen-bond acceptors (Lipinski definition) is 3. The maximum Gasteiger partial charge on any atom is 0.0394 e. The van der Waals surface area contributed by atoms with E-state index in [9.17, 15) is 0 Å². The quantitative estimate of drug-likeness (QED) is 0.539. The lowest BCUT2D eigenvalue weighted by atomic mass is 9.83. The van der Waals surface area contributed by atoms with E-state index in [4.69, 9.17) is 5.84 Å². The smallest absolute Gasteiger partial charge is 0.0394 e. The molecule has 0 aliphatic heterocycles. The van der Waals surface area contributed by atoms with Crippen LogP contribution in [0.1, 0.15) is 52.4 Å². The number of nitrogens with one attached hydrogen (secondary N) is 1. The minimum Gasteiger partial charge on any atom is -0.302 e. The van der Waals surface area contributed by atoms with Gasteiger partial charge in [-0.05, 0) is 45.7 Å². The largest absolute Gasteiger partial charge is 0.302 e. The fraction of sp³-hybridized carbons (Fsp3) is 1.00. The van der Waals surface area contributed by atoms with Crippen LogP contribution in [0.15, 0.2) is 0 Å². The number of nitrogens with zero attached hydrogens (tertiary/aromatic N) is 1. The summed E-state index contributed by atoms with van der Waals surface area (Å²) in [5, 5.41) is 0. The van der Waals surface area contributed by atoms with E-state index in [0.29, 0.717) is 11.6 Å². The van der Waals surface area contributed by atoms with Gasteiger partial charge in [-0.2, -0.15) is 0 Å². The first kappa shape index (κ1) is 13.9. The molecule has 0 aromatic rings. The van der Waals surface area contributed by atoms with Gasteiger partial charge in [0.25, 0.3) is 0 Å². The molecule has 16 heavy (non-hydrogen) atoms. The van der Waals surface area contributed by atoms with Crippen molar-refractivity contribution in [2.75, 3.05) is 14.1 Å². The third-order valence-electron chi connectivity index (χ3n) is 4.24. The molecule has 1 atom stereocenters. The summed E-state index contributed by atoms with van der Waals surface area (Å²) in [6.45, 7) is 4.56. The van der Waals surface area contributed by atoms with E-state index in [1.54, 1.807) is 0 Å². The molecular weight excluding hydrogens is 198 g/mol. The second kappa shape index (κ2) is 5.99. The molecule has 1 aliphatic rings. The summed E-state index contributed by atoms with van der Waals surface area (Å²) in [5.74, 6) is 6.55. The van der Waals surface area contributed by atoms with E-state index in [1.165, 1.54) is 38.5 Å². The molecule has 1 rings (SSSR count). The lowest BCUT2D eigenvalue weighted by molar-refractivity contribution is 0.0970. The average molecular weight is 227 g/mol. The van der Waals surface area contributed by atoms with Crippen LogP contribution in [0.3, 0.4) is 0 Å². The van der Waals surface area contributed by atoms with E-state index >= 15 is 0 Å². The van der Waals surface area contributed by atoms with Crippen LogP contribution in [0, 0.1) is 5.92 Å². The highest BCUT2D eigenvalue weighted by Gasteiger charge is 2.42. The van der Waals surface area contributed by atoms with Crippen LogP contribution in [0.2, 0.25) is 0 Å². The Labute approximate surface area is 101 Å². The SMILES string of the molecule is CC(C)CCC(NN)C1(N(C)C)CCCC1. The zero-order valence-electron chi connectivity index (χ0n) is 11.4. The highest BCUT2D eigenvalue weighted by molar-refractivity contribution is 5.01. The highest BCUT2D eigenvalue weighted by atomic mass is 15.3. The Morgan fingerprint density at radius 2 is 1.75 bits per heavy atom. The highest BCUT2D eigenvalue weighted by Crippen LogP contribution is 2.38. The number of likely N-dealkylation sites (N-methyl/N-ethyl adjacent to an activating group) is 1. The average Bonchev–Trinajstić information content (AvgIpc) is 2.68. The molecule has 3 nitrogen and oxygen atoms in total. The summed E-state index contributed by atoms with van der Waals surface area (Å²) in [4.78, 5) is 2.39. The van der Waals surface area contributed by atoms with Gasteiger partial charge in [0.2, 0.25) is 0 Å². The molecule has 3 heteroatoms. The monoisotopic (exact) mass is 227 g/mol. The van der Waals surface area contributed by atoms with Crippen molar-refractivity contribution in [3.8, 4) is 0 Å². The lowest BCUT2D eigenvalue weighted by Crippen LogP contribution is -2.59. The zero-order chi connectivity index (χ0) is 12.2. The van der Waals surface area contributed by atoms with Gasteiger partial charge in [-0.3, -0.25) is 11.3 Å². The Kier molecular flexibility index (Phi) is 5.22. The van der Waals surface area contributed by atoms with E-state index in [-0.39, 0.29) is 0 Å². The number of rotatable bonds is 6. The van der Waals surface area contributed by atoms with Gasteiger partial charge in [0.05, 0.1) is 0 Å². The Balaban J connectivity index is 2.66. The molecule has 3 N–H and O–H groups in total. The predicted octanol–water partition coefficient (Wildman–Crippen LogP) is 2.13. The van der Waals surface area contributed by atoms with Crippen molar-refractivity contribution < 1.29 is 0 Å². The third kappa shape index (κ3) is 2.96. The molecule has 0 aromatic carbocycles. The van der Waals surface area contributed by atoms with Crippen LogP contribution in [0.25, 0.3) is 0 Å². The van der Waals surface area contributed by atoms with E-state index in [1.807, 2.05) is 0 Å². The van der Waals surface area contributed by atoms with Crippen molar-refractivity contribution in [1.82, 2.24) is 10.3 Å². The minimum atomic E-state index is 0.295. The van der Waals surface area contributed by atoms with Gasteiger partial charge >= 0.3 is 0 Å². The molecule has 1 fully saturated rings. The molecule has 0 amide bonds. The number of hydrazine groups is 1. The van der Waals surface area contributed by atoms with Crippen molar-refractivity contribution >= 4 is 0 Å². The molecule has 96 valence electrons. The van der Waals surface area contributed by atoms with Gasteiger partial charge in [0.1, 0.15) is 0 Å². The molecule has 0 heterocycles. The number of nitrogens with two attached hydrogens (primary N) is 1. The van der Waals surface area contributed by atoms with Crippen LogP contribution in [0.5, 0.6) is 0 Å². The predicted molar refractivity (Wildman–Crippen MR) is 70.1 cm³/mol. The Hall–Kier alpha value is -0.120. The van der Waals surface area contributed by atoms with Crippen molar-refractivity contribution in [3.05, 3.63) is 0 Å². The van der Waals surface area contributed by atoms with Gasteiger partial charge in [-0.15, -0.1) is 0 Å². The van der Waals surface area contributed by atoms with Gasteiger partial charge < -0.3 is 4.90 Å². The molecule has 0 bridgehead atoms. The van der Waals surface area contributed by atoms with Crippen molar-refractivity contribution in [2.45, 2.75) is 64.0 Å². The topological polar surface area (TPSA) is 41.3 Å². The summed E-state index contributed by atoms with van der Waals surface area (Å²) in [7, 11) is 4.40. The summed E-state index contributed by atoms with van der Waals surface area (Å²) >= 11 is 0. The summed E-state index contributed by atoms with van der Waals surface area (Å²) in [6, 6.07) is 0.437. The van der Waals surface area contributed by atoms with Crippen LogP contribution >= 0.6 is 0 Å². The summed E-state index contributed by atoms with van der Waals surface area (Å²) in [6.07, 6.45) is 7.70. The van der Waals surface area contributed by atoms with Crippen molar-refractivity contribution in [3.63, 3.8) is 0 Å². The first-order valence-corrected chi connectivity index (χ1v) is 6.66. The maximum atomic E-state index is 5.79. The normalized spacial score (nSPS) is 21.9. The molecule has 0 aromatic heterocycles. The van der Waals surface area contributed by atoms with Crippen molar-refractivity contribution in [2.24, 2.45) is 11.8 Å². The summed E-state index contributed by atoms with van der Waals surface area (Å²) < 4.78 is 0. The molecule has 0 saturated heterocycles. The molecule has 0 radical (unpaired) electrons. The lowest BCUT2D eigenvalue weighted by Gasteiger charge is -2.43. The first-order chi connectivity index (χ1) is 7.53. The van der Waals surface area contributed by atoms with E-state index in [2.05, 4.69) is 38.3 Å². The van der Waals surface area contributed by atoms with Crippen LogP contribution < -0.4 is 11.3 Å². The molecule has 1 saturated carbocycles. The van der Waals surface area contributed by atoms with Crippen LogP contribution in [-0.2, 0) is 0 Å². The standard InChI is InChI=1S/C13H29N3/c1-11(2)7-8-12(15-14)13(16(3)4)9-5-6-10-13/h11-12,15H,5-10,14H2,1-4H3. The fourth-order valence-electron chi connectivity index (χ4n) is 3.10. The molecule has 1 unspecified atom stereocenters. The van der Waals surface area contributed by atoms with Crippen LogP contribution in [0.4, 0.5) is 0 Å². The van der Waals surface area contributed by atoms with Gasteiger partial charge in [-0.25, -0.2) is 0 Å². The zero-order valence-corrected chi connectivity index (χ0v) is 11.4. The van der Waals surface area contributed by atoms with E-state index < -0.39 is 0 Å². The third-order valence-corrected chi connectivity index (χ3v) is 4.24. The Morgan fingerprint density at radius 1 is 1.19 bits per heavy atom. The Morgan fingerprint density at radius 3 is 2.12 bits per heavy atom. The fourth-order valence-corrected chi connectivity index (χ4v) is 3.10. The van der Waals surface area contributed by atoms with Crippen LogP contribution in [-0.4, -0.2) is 30.6 Å². The van der Waals surface area contributed by atoms with Gasteiger partial charge in [0.15, 0.2) is 0 Å². The van der Waals surface area contributed by atoms with E-state index in [0.717, 1.165) is 5.92 Å². The molecule has 0 spiro atoms. The molecule has 1 aliphatic carbocycles. The Bertz CT molecular complexity index is 195. The van der Waals surface area contributed by atoms with Gasteiger partial charge in [0, 0.05) is 11.6 Å². The second-order valence-corrected chi connectivity index (χ2v) is 5.90. The molecular formula is C13H29N3. The maximum absolute atomic E-state index is 5.79. The van der Waals surface area contributed by atoms with Gasteiger partial charge in [-0.1, -0.05) is 26.7 Å². The number of hydrogen-bond donors (Lipinski definition) is 2. The van der Waals surface area contributed by atoms with Crippen molar-refractivity contribution in [1.29, 1.82) is 0 Å². The first-order valence-electron chi connectivity index (χ1n) is 6.66. The summed E-state index contributed by atoms with van der Waals surface area (Å²) in [5.41, 5.74) is 3.38.